The highest BCUT2D eigenvalue weighted by molar-refractivity contribution is 5.46. The number of nitrogens with zero attached hydrogens (tertiary/aromatic N) is 5. The second-order valence-corrected chi connectivity index (χ2v) is 6.41. The van der Waals surface area contributed by atoms with Gasteiger partial charge in [-0.25, -0.2) is 5.10 Å². The van der Waals surface area contributed by atoms with Gasteiger partial charge in [-0.1, -0.05) is 26.0 Å². The molecule has 180 valence electrons. The summed E-state index contributed by atoms with van der Waals surface area (Å²) in [5, 5.41) is 9.82. The van der Waals surface area contributed by atoms with Crippen LogP contribution in [0.4, 0.5) is 11.9 Å². The van der Waals surface area contributed by atoms with Crippen molar-refractivity contribution in [1.82, 2.24) is 15.2 Å². The average molecular weight is 450 g/mol. The molecule has 3 N–H and O–H groups in total. The number of H-pyrrole nitrogens is 1. The average Bonchev–Trinajstić information content (AvgIpc) is 3.46. The Morgan fingerprint density at radius 1 is 1.28 bits per heavy atom. The molecule has 0 saturated carbocycles. The molecule has 1 aromatic heterocycles. The molecule has 2 heterocycles. The van der Waals surface area contributed by atoms with E-state index in [-0.39, 0.29) is 0 Å². The lowest BCUT2D eigenvalue weighted by Crippen LogP contribution is -2.18. The Labute approximate surface area is 192 Å². The summed E-state index contributed by atoms with van der Waals surface area (Å²) in [6.45, 7) is 14.6. The standard InChI is InChI=1S/C13H17N5O2.C6H12O.C2H6.CH4N2/c1-17(2)12-14-13(16-15-12)18(3)7-9-4-5-10-11(6-9)20-8-19-10;1-4-6(3)7-5-2;1-2;1-3-2/h4-6H,7-8H2,1-3H3,(H,14,15,16);4H,5H2,1-3H3;1-2H3;1-2H2/b;6-4+;;. The van der Waals surface area contributed by atoms with Gasteiger partial charge in [0.15, 0.2) is 11.5 Å². The topological polar surface area (TPSA) is 114 Å². The third-order valence-electron chi connectivity index (χ3n) is 3.86. The molecule has 0 amide bonds. The summed E-state index contributed by atoms with van der Waals surface area (Å²) < 4.78 is 15.7. The van der Waals surface area contributed by atoms with Gasteiger partial charge in [-0.05, 0) is 38.5 Å². The zero-order valence-corrected chi connectivity index (χ0v) is 20.7. The summed E-state index contributed by atoms with van der Waals surface area (Å²) in [4.78, 5) is 8.26. The van der Waals surface area contributed by atoms with E-state index in [1.165, 1.54) is 0 Å². The lowest BCUT2D eigenvalue weighted by Gasteiger charge is -2.15. The number of fused-ring (bicyclic) bond motifs is 1. The van der Waals surface area contributed by atoms with Crippen LogP contribution in [0.25, 0.3) is 0 Å². The molecule has 0 bridgehead atoms. The van der Waals surface area contributed by atoms with E-state index in [1.54, 1.807) is 0 Å². The molecule has 3 rings (SSSR count). The molecule has 1 aromatic carbocycles. The first kappa shape index (κ1) is 28.6. The molecule has 0 fully saturated rings. The van der Waals surface area contributed by atoms with E-state index in [4.69, 9.17) is 14.2 Å². The fourth-order valence-electron chi connectivity index (χ4n) is 2.31. The summed E-state index contributed by atoms with van der Waals surface area (Å²) in [6, 6.07) is 5.94. The number of hydrazone groups is 1. The molecule has 10 heteroatoms. The van der Waals surface area contributed by atoms with Crippen LogP contribution in [0.3, 0.4) is 0 Å². The number of nitrogens with one attached hydrogen (secondary N) is 1. The van der Waals surface area contributed by atoms with Gasteiger partial charge in [-0.3, -0.25) is 0 Å². The van der Waals surface area contributed by atoms with Crippen molar-refractivity contribution in [3.05, 3.63) is 35.6 Å². The SMILES string of the molecule is C/C=C(\C)OCC.C=NN.CC.CN(C)c1n[nH]c(N(C)Cc2ccc3c(c2)OCO3)n1. The Morgan fingerprint density at radius 2 is 1.91 bits per heavy atom. The smallest absolute Gasteiger partial charge is 0.245 e. The fraction of sp³-hybridized carbons (Fsp3) is 0.500. The molecule has 32 heavy (non-hydrogen) atoms. The van der Waals surface area contributed by atoms with E-state index in [2.05, 4.69) is 32.8 Å². The second kappa shape index (κ2) is 16.3. The van der Waals surface area contributed by atoms with Gasteiger partial charge in [-0.2, -0.15) is 10.1 Å². The molecule has 0 atom stereocenters. The third-order valence-corrected chi connectivity index (χ3v) is 3.86. The highest BCUT2D eigenvalue weighted by atomic mass is 16.7. The minimum absolute atomic E-state index is 0.295. The largest absolute Gasteiger partial charge is 0.499 e. The Hall–Kier alpha value is -3.43. The molecule has 0 saturated heterocycles. The number of hydrogen-bond acceptors (Lipinski definition) is 9. The number of nitrogens with two attached hydrogens (primary N) is 1. The quantitative estimate of drug-likeness (QED) is 0.296. The number of hydrogen-bond donors (Lipinski definition) is 2. The van der Waals surface area contributed by atoms with Gasteiger partial charge in [0, 0.05) is 34.4 Å². The van der Waals surface area contributed by atoms with Crippen molar-refractivity contribution in [2.75, 3.05) is 44.3 Å². The Balaban J connectivity index is 0.000000674. The van der Waals surface area contributed by atoms with Gasteiger partial charge in [0.05, 0.1) is 12.4 Å². The second-order valence-electron chi connectivity index (χ2n) is 6.41. The molecule has 0 radical (unpaired) electrons. The Morgan fingerprint density at radius 3 is 2.41 bits per heavy atom. The van der Waals surface area contributed by atoms with Crippen molar-refractivity contribution >= 4 is 18.6 Å². The predicted molar refractivity (Wildman–Crippen MR) is 132 cm³/mol. The molecular formula is C22H39N7O3. The summed E-state index contributed by atoms with van der Waals surface area (Å²) in [6.07, 6.45) is 1.95. The minimum Gasteiger partial charge on any atom is -0.499 e. The molecular weight excluding hydrogens is 410 g/mol. The molecule has 0 unspecified atom stereocenters. The number of aromatic amines is 1. The number of rotatable bonds is 6. The van der Waals surface area contributed by atoms with Crippen LogP contribution in [0.15, 0.2) is 35.1 Å². The first-order valence-corrected chi connectivity index (χ1v) is 10.5. The normalized spacial score (nSPS) is 10.9. The van der Waals surface area contributed by atoms with Crippen LogP contribution in [0, 0.1) is 0 Å². The molecule has 2 aromatic rings. The summed E-state index contributed by atoms with van der Waals surface area (Å²) in [7, 11) is 5.78. The number of benzene rings is 1. The fourth-order valence-corrected chi connectivity index (χ4v) is 2.31. The van der Waals surface area contributed by atoms with Crippen LogP contribution in [0.1, 0.15) is 40.2 Å². The Bertz CT molecular complexity index is 807. The van der Waals surface area contributed by atoms with Crippen LogP contribution in [0.2, 0.25) is 0 Å². The first-order chi connectivity index (χ1) is 15.4. The molecule has 0 spiro atoms. The Kier molecular flexibility index (Phi) is 14.5. The monoisotopic (exact) mass is 449 g/mol. The third kappa shape index (κ3) is 10.1. The van der Waals surface area contributed by atoms with Gasteiger partial charge in [0.2, 0.25) is 18.7 Å². The van der Waals surface area contributed by atoms with Gasteiger partial charge in [-0.15, -0.1) is 5.10 Å². The van der Waals surface area contributed by atoms with Gasteiger partial charge < -0.3 is 29.9 Å². The van der Waals surface area contributed by atoms with Crippen LogP contribution in [-0.2, 0) is 11.3 Å². The van der Waals surface area contributed by atoms with E-state index in [9.17, 15) is 0 Å². The van der Waals surface area contributed by atoms with Gasteiger partial charge >= 0.3 is 0 Å². The first-order valence-electron chi connectivity index (χ1n) is 10.5. The molecule has 0 aliphatic carbocycles. The lowest BCUT2D eigenvalue weighted by atomic mass is 10.2. The van der Waals surface area contributed by atoms with E-state index < -0.39 is 0 Å². The zero-order valence-electron chi connectivity index (χ0n) is 20.7. The van der Waals surface area contributed by atoms with Crippen molar-refractivity contribution in [3.8, 4) is 11.5 Å². The maximum atomic E-state index is 5.38. The van der Waals surface area contributed by atoms with Crippen LogP contribution in [-0.4, -0.2) is 56.4 Å². The van der Waals surface area contributed by atoms with Gasteiger partial charge in [0.25, 0.3) is 0 Å². The number of ether oxygens (including phenoxy) is 3. The van der Waals surface area contributed by atoms with E-state index >= 15 is 0 Å². The maximum absolute atomic E-state index is 5.38. The number of allylic oxidation sites excluding steroid dienone is 2. The molecule has 10 nitrogen and oxygen atoms in total. The van der Waals surface area contributed by atoms with Crippen LogP contribution in [0.5, 0.6) is 11.5 Å². The summed E-state index contributed by atoms with van der Waals surface area (Å²) >= 11 is 0. The van der Waals surface area contributed by atoms with Crippen molar-refractivity contribution in [3.63, 3.8) is 0 Å². The lowest BCUT2D eigenvalue weighted by molar-refractivity contribution is 0.174. The maximum Gasteiger partial charge on any atom is 0.245 e. The van der Waals surface area contributed by atoms with Crippen molar-refractivity contribution in [2.24, 2.45) is 10.9 Å². The number of anilines is 2. The van der Waals surface area contributed by atoms with E-state index in [1.807, 2.05) is 89.8 Å². The van der Waals surface area contributed by atoms with Crippen molar-refractivity contribution in [1.29, 1.82) is 0 Å². The van der Waals surface area contributed by atoms with Crippen molar-refractivity contribution in [2.45, 2.75) is 41.2 Å². The van der Waals surface area contributed by atoms with Crippen molar-refractivity contribution < 1.29 is 14.2 Å². The summed E-state index contributed by atoms with van der Waals surface area (Å²) in [5.41, 5.74) is 1.12. The van der Waals surface area contributed by atoms with Gasteiger partial charge in [0.1, 0.15) is 0 Å². The molecule has 1 aliphatic heterocycles. The highest BCUT2D eigenvalue weighted by Crippen LogP contribution is 2.32. The van der Waals surface area contributed by atoms with E-state index in [0.29, 0.717) is 19.3 Å². The van der Waals surface area contributed by atoms with E-state index in [0.717, 1.165) is 35.4 Å². The zero-order chi connectivity index (χ0) is 24.5. The highest BCUT2D eigenvalue weighted by Gasteiger charge is 2.15. The van der Waals surface area contributed by atoms with Crippen LogP contribution < -0.4 is 25.1 Å². The number of aromatic nitrogens is 3. The van der Waals surface area contributed by atoms with Crippen LogP contribution >= 0.6 is 0 Å². The molecule has 1 aliphatic rings. The summed E-state index contributed by atoms with van der Waals surface area (Å²) in [5.74, 6) is 8.35. The predicted octanol–water partition coefficient (Wildman–Crippen LogP) is 3.77. The minimum atomic E-state index is 0.295.